The summed E-state index contributed by atoms with van der Waals surface area (Å²) in [5, 5.41) is 0.339. The Morgan fingerprint density at radius 1 is 0.833 bits per heavy atom. The van der Waals surface area contributed by atoms with E-state index in [1.54, 1.807) is 27.3 Å². The zero-order chi connectivity index (χ0) is 21.4. The molecule has 0 saturated heterocycles. The van der Waals surface area contributed by atoms with Gasteiger partial charge >= 0.3 is 5.69 Å². The molecule has 0 N–H and O–H groups in total. The number of aromatic nitrogens is 3. The van der Waals surface area contributed by atoms with Gasteiger partial charge in [-0.05, 0) is 12.1 Å². The minimum absolute atomic E-state index is 0.310. The molecule has 0 aliphatic carbocycles. The van der Waals surface area contributed by atoms with E-state index in [1.807, 2.05) is 48.5 Å². The highest BCUT2D eigenvalue weighted by atomic mass is 16.5. The van der Waals surface area contributed by atoms with Gasteiger partial charge in [0.2, 0.25) is 0 Å². The molecule has 0 aliphatic rings. The number of nitrogens with zero attached hydrogens (tertiary/aromatic N) is 3. The van der Waals surface area contributed by atoms with Crippen LogP contribution in [0.3, 0.4) is 0 Å². The Bertz CT molecular complexity index is 1370. The SMILES string of the molecule is COc1cccc(-c2cc(-c3ccccc3)nc3c2c(=O)n(C)c(=O)n3C)c1OC. The molecule has 2 aromatic carbocycles. The smallest absolute Gasteiger partial charge is 0.332 e. The molecule has 0 spiro atoms. The van der Waals surface area contributed by atoms with Crippen molar-refractivity contribution in [1.29, 1.82) is 0 Å². The molecular weight excluding hydrogens is 382 g/mol. The molecule has 0 radical (unpaired) electrons. The van der Waals surface area contributed by atoms with Crippen molar-refractivity contribution < 1.29 is 9.47 Å². The number of aryl methyl sites for hydroxylation is 1. The minimum atomic E-state index is -0.436. The third kappa shape index (κ3) is 2.95. The Kier molecular flexibility index (Phi) is 4.87. The first-order chi connectivity index (χ1) is 14.5. The Labute approximate surface area is 172 Å². The third-order valence-electron chi connectivity index (χ3n) is 5.17. The van der Waals surface area contributed by atoms with Crippen LogP contribution >= 0.6 is 0 Å². The van der Waals surface area contributed by atoms with E-state index in [0.717, 1.165) is 10.1 Å². The van der Waals surface area contributed by atoms with Crippen LogP contribution in [-0.4, -0.2) is 28.3 Å². The van der Waals surface area contributed by atoms with Gasteiger partial charge in [-0.3, -0.25) is 13.9 Å². The zero-order valence-electron chi connectivity index (χ0n) is 17.2. The van der Waals surface area contributed by atoms with Crippen molar-refractivity contribution in [2.45, 2.75) is 0 Å². The Balaban J connectivity index is 2.21. The predicted octanol–water partition coefficient (Wildman–Crippen LogP) is 2.98. The summed E-state index contributed by atoms with van der Waals surface area (Å²) in [5.74, 6) is 1.05. The molecule has 152 valence electrons. The van der Waals surface area contributed by atoms with Gasteiger partial charge < -0.3 is 9.47 Å². The monoisotopic (exact) mass is 403 g/mol. The van der Waals surface area contributed by atoms with E-state index in [-0.39, 0.29) is 0 Å². The number of pyridine rings is 1. The maximum Gasteiger partial charge on any atom is 0.332 e. The quantitative estimate of drug-likeness (QED) is 0.524. The predicted molar refractivity (Wildman–Crippen MR) is 116 cm³/mol. The number of benzene rings is 2. The van der Waals surface area contributed by atoms with Gasteiger partial charge in [-0.2, -0.15) is 0 Å². The molecule has 7 nitrogen and oxygen atoms in total. The molecule has 4 aromatic rings. The number of fused-ring (bicyclic) bond motifs is 1. The van der Waals surface area contributed by atoms with Gasteiger partial charge in [0.25, 0.3) is 5.56 Å². The van der Waals surface area contributed by atoms with Gasteiger partial charge in [-0.25, -0.2) is 9.78 Å². The maximum atomic E-state index is 13.1. The number of para-hydroxylation sites is 1. The fourth-order valence-electron chi connectivity index (χ4n) is 3.62. The number of rotatable bonds is 4. The fraction of sp³-hybridized carbons (Fsp3) is 0.174. The van der Waals surface area contributed by atoms with Gasteiger partial charge in [-0.1, -0.05) is 42.5 Å². The molecule has 0 atom stereocenters. The largest absolute Gasteiger partial charge is 0.493 e. The van der Waals surface area contributed by atoms with Crippen LogP contribution in [0.1, 0.15) is 0 Å². The lowest BCUT2D eigenvalue weighted by Crippen LogP contribution is -2.37. The molecular formula is C23H21N3O4. The summed E-state index contributed by atoms with van der Waals surface area (Å²) in [4.78, 5) is 30.4. The molecule has 2 aromatic heterocycles. The van der Waals surface area contributed by atoms with E-state index in [1.165, 1.54) is 11.6 Å². The zero-order valence-corrected chi connectivity index (χ0v) is 17.2. The summed E-state index contributed by atoms with van der Waals surface area (Å²) >= 11 is 0. The topological polar surface area (TPSA) is 75.4 Å². The highest BCUT2D eigenvalue weighted by Gasteiger charge is 2.21. The first kappa shape index (κ1) is 19.4. The molecule has 0 aliphatic heterocycles. The van der Waals surface area contributed by atoms with Crippen molar-refractivity contribution in [2.24, 2.45) is 14.1 Å². The fourth-order valence-corrected chi connectivity index (χ4v) is 3.62. The van der Waals surface area contributed by atoms with Gasteiger partial charge in [0.15, 0.2) is 17.1 Å². The lowest BCUT2D eigenvalue weighted by molar-refractivity contribution is 0.356. The summed E-state index contributed by atoms with van der Waals surface area (Å²) < 4.78 is 13.5. The molecule has 0 bridgehead atoms. The van der Waals surface area contributed by atoms with Crippen molar-refractivity contribution >= 4 is 11.0 Å². The molecule has 0 amide bonds. The van der Waals surface area contributed by atoms with Crippen LogP contribution in [0.25, 0.3) is 33.4 Å². The van der Waals surface area contributed by atoms with E-state index >= 15 is 0 Å². The van der Waals surface area contributed by atoms with Crippen molar-refractivity contribution in [3.63, 3.8) is 0 Å². The summed E-state index contributed by atoms with van der Waals surface area (Å²) in [6, 6.07) is 16.9. The van der Waals surface area contributed by atoms with Gasteiger partial charge in [0, 0.05) is 30.8 Å². The highest BCUT2D eigenvalue weighted by molar-refractivity contribution is 5.96. The molecule has 7 heteroatoms. The summed E-state index contributed by atoms with van der Waals surface area (Å²) in [6.07, 6.45) is 0. The van der Waals surface area contributed by atoms with E-state index in [4.69, 9.17) is 9.47 Å². The Morgan fingerprint density at radius 2 is 1.57 bits per heavy atom. The first-order valence-electron chi connectivity index (χ1n) is 9.35. The highest BCUT2D eigenvalue weighted by Crippen LogP contribution is 2.40. The second-order valence-electron chi connectivity index (χ2n) is 6.87. The normalized spacial score (nSPS) is 10.9. The molecule has 0 unspecified atom stereocenters. The van der Waals surface area contributed by atoms with Crippen molar-refractivity contribution in [2.75, 3.05) is 14.2 Å². The van der Waals surface area contributed by atoms with Gasteiger partial charge in [0.1, 0.15) is 0 Å². The van der Waals surface area contributed by atoms with Crippen molar-refractivity contribution in [3.8, 4) is 33.9 Å². The van der Waals surface area contributed by atoms with Crippen LogP contribution in [0, 0.1) is 0 Å². The van der Waals surface area contributed by atoms with E-state index < -0.39 is 11.2 Å². The van der Waals surface area contributed by atoms with Gasteiger partial charge in [-0.15, -0.1) is 0 Å². The van der Waals surface area contributed by atoms with Crippen LogP contribution in [0.4, 0.5) is 0 Å². The lowest BCUT2D eigenvalue weighted by atomic mass is 9.99. The third-order valence-corrected chi connectivity index (χ3v) is 5.17. The number of methoxy groups -OCH3 is 2. The molecule has 2 heterocycles. The van der Waals surface area contributed by atoms with Crippen LogP contribution in [-0.2, 0) is 14.1 Å². The lowest BCUT2D eigenvalue weighted by Gasteiger charge is -2.16. The van der Waals surface area contributed by atoms with Crippen LogP contribution in [0.2, 0.25) is 0 Å². The molecule has 30 heavy (non-hydrogen) atoms. The molecule has 0 fully saturated rings. The van der Waals surface area contributed by atoms with E-state index in [2.05, 4.69) is 4.98 Å². The van der Waals surface area contributed by atoms with E-state index in [0.29, 0.717) is 39.4 Å². The molecule has 4 rings (SSSR count). The molecule has 0 saturated carbocycles. The van der Waals surface area contributed by atoms with Crippen molar-refractivity contribution in [3.05, 3.63) is 75.4 Å². The second-order valence-corrected chi connectivity index (χ2v) is 6.87. The van der Waals surface area contributed by atoms with Crippen molar-refractivity contribution in [1.82, 2.24) is 14.1 Å². The number of hydrogen-bond acceptors (Lipinski definition) is 5. The van der Waals surface area contributed by atoms with Crippen LogP contribution < -0.4 is 20.7 Å². The van der Waals surface area contributed by atoms with Crippen LogP contribution in [0.15, 0.2) is 64.2 Å². The first-order valence-corrected chi connectivity index (χ1v) is 9.35. The minimum Gasteiger partial charge on any atom is -0.493 e. The van der Waals surface area contributed by atoms with Crippen LogP contribution in [0.5, 0.6) is 11.5 Å². The average molecular weight is 403 g/mol. The summed E-state index contributed by atoms with van der Waals surface area (Å²) in [6.45, 7) is 0. The average Bonchev–Trinajstić information content (AvgIpc) is 2.80. The standard InChI is InChI=1S/C23H21N3O4/c1-25-21-19(22(27)26(2)23(25)28)16(13-17(24-21)14-9-6-5-7-10-14)15-11-8-12-18(29-3)20(15)30-4/h5-13H,1-4H3. The number of ether oxygens (including phenoxy) is 2. The van der Waals surface area contributed by atoms with E-state index in [9.17, 15) is 9.59 Å². The summed E-state index contributed by atoms with van der Waals surface area (Å²) in [5.41, 5.74) is 2.27. The van der Waals surface area contributed by atoms with Gasteiger partial charge in [0.05, 0.1) is 25.3 Å². The maximum absolute atomic E-state index is 13.1. The second kappa shape index (κ2) is 7.51. The Morgan fingerprint density at radius 3 is 2.23 bits per heavy atom. The summed E-state index contributed by atoms with van der Waals surface area (Å²) in [7, 11) is 6.18. The number of hydrogen-bond donors (Lipinski definition) is 0. The Hall–Kier alpha value is -3.87.